The third kappa shape index (κ3) is 2.64. The Bertz CT molecular complexity index is 214. The van der Waals surface area contributed by atoms with Gasteiger partial charge in [0.1, 0.15) is 5.60 Å². The highest BCUT2D eigenvalue weighted by molar-refractivity contribution is 7.85. The van der Waals surface area contributed by atoms with Gasteiger partial charge >= 0.3 is 0 Å². The molecule has 1 atom stereocenters. The van der Waals surface area contributed by atoms with Gasteiger partial charge in [-0.3, -0.25) is 4.18 Å². The molecule has 0 aromatic rings. The predicted molar refractivity (Wildman–Crippen MR) is 35.2 cm³/mol. The van der Waals surface area contributed by atoms with Crippen molar-refractivity contribution >= 4 is 10.1 Å². The molecule has 60 valence electrons. The zero-order valence-electron chi connectivity index (χ0n) is 5.96. The van der Waals surface area contributed by atoms with E-state index in [0.29, 0.717) is 6.61 Å². The monoisotopic (exact) mass is 166 g/mol. The molecular formula is C5H10O4S. The van der Waals surface area contributed by atoms with Gasteiger partial charge in [-0.1, -0.05) is 0 Å². The van der Waals surface area contributed by atoms with Crippen LogP contribution in [0, 0.1) is 0 Å². The van der Waals surface area contributed by atoms with Crippen molar-refractivity contribution in [2.75, 3.05) is 19.5 Å². The number of epoxide rings is 1. The number of ether oxygens (including phenoxy) is 1. The summed E-state index contributed by atoms with van der Waals surface area (Å²) in [5.74, 6) is 0. The van der Waals surface area contributed by atoms with Gasteiger partial charge in [-0.15, -0.1) is 0 Å². The molecule has 1 fully saturated rings. The molecule has 0 N–H and O–H groups in total. The average molecular weight is 166 g/mol. The topological polar surface area (TPSA) is 55.9 Å². The van der Waals surface area contributed by atoms with Crippen molar-refractivity contribution in [1.82, 2.24) is 0 Å². The molecule has 0 radical (unpaired) electrons. The van der Waals surface area contributed by atoms with Crippen LogP contribution in [-0.2, 0) is 19.0 Å². The van der Waals surface area contributed by atoms with E-state index in [4.69, 9.17) is 4.74 Å². The van der Waals surface area contributed by atoms with Crippen molar-refractivity contribution in [2.24, 2.45) is 0 Å². The summed E-state index contributed by atoms with van der Waals surface area (Å²) in [5, 5.41) is 0. The molecule has 0 aromatic carbocycles. The van der Waals surface area contributed by atoms with Crippen LogP contribution in [0.1, 0.15) is 6.92 Å². The van der Waals surface area contributed by atoms with Crippen LogP contribution in [0.3, 0.4) is 0 Å². The van der Waals surface area contributed by atoms with Gasteiger partial charge in [0.15, 0.2) is 0 Å². The van der Waals surface area contributed by atoms with Gasteiger partial charge in [0.25, 0.3) is 10.1 Å². The molecule has 1 rings (SSSR count). The Balaban J connectivity index is 2.30. The summed E-state index contributed by atoms with van der Waals surface area (Å²) < 4.78 is 30.3. The Kier molecular flexibility index (Phi) is 1.74. The minimum absolute atomic E-state index is 0.131. The number of hydrogen-bond donors (Lipinski definition) is 0. The molecule has 0 aromatic heterocycles. The van der Waals surface area contributed by atoms with Gasteiger partial charge in [0.05, 0.1) is 19.5 Å². The first-order valence-corrected chi connectivity index (χ1v) is 4.71. The Labute approximate surface area is 60.3 Å². The number of hydrogen-bond acceptors (Lipinski definition) is 4. The highest BCUT2D eigenvalue weighted by atomic mass is 32.2. The second-order valence-electron chi connectivity index (χ2n) is 2.70. The summed E-state index contributed by atoms with van der Waals surface area (Å²) in [5.41, 5.74) is -0.344. The van der Waals surface area contributed by atoms with Crippen LogP contribution in [0.4, 0.5) is 0 Å². The molecule has 5 heteroatoms. The van der Waals surface area contributed by atoms with E-state index < -0.39 is 10.1 Å². The number of rotatable bonds is 3. The Hall–Kier alpha value is -0.130. The summed E-state index contributed by atoms with van der Waals surface area (Å²) in [6.45, 7) is 2.52. The van der Waals surface area contributed by atoms with Crippen molar-refractivity contribution in [2.45, 2.75) is 12.5 Å². The first-order chi connectivity index (χ1) is 4.41. The van der Waals surface area contributed by atoms with E-state index in [1.807, 2.05) is 0 Å². The normalized spacial score (nSPS) is 32.2. The zero-order chi connectivity index (χ0) is 7.83. The molecule has 0 spiro atoms. The lowest BCUT2D eigenvalue weighted by molar-refractivity contribution is 0.208. The summed E-state index contributed by atoms with van der Waals surface area (Å²) in [6.07, 6.45) is 1.03. The van der Waals surface area contributed by atoms with Crippen LogP contribution in [0.5, 0.6) is 0 Å². The molecule has 10 heavy (non-hydrogen) atoms. The maximum absolute atomic E-state index is 10.4. The lowest BCUT2D eigenvalue weighted by Gasteiger charge is -2.02. The second-order valence-corrected chi connectivity index (χ2v) is 4.35. The first-order valence-electron chi connectivity index (χ1n) is 2.90. The second kappa shape index (κ2) is 2.18. The van der Waals surface area contributed by atoms with Crippen LogP contribution in [0.25, 0.3) is 0 Å². The first kappa shape index (κ1) is 7.97. The molecule has 0 bridgehead atoms. The van der Waals surface area contributed by atoms with Crippen molar-refractivity contribution in [1.29, 1.82) is 0 Å². The van der Waals surface area contributed by atoms with E-state index in [1.54, 1.807) is 6.92 Å². The minimum atomic E-state index is -3.30. The fourth-order valence-corrected chi connectivity index (χ4v) is 0.902. The fraction of sp³-hybridized carbons (Fsp3) is 1.00. The van der Waals surface area contributed by atoms with Gasteiger partial charge in [-0.25, -0.2) is 0 Å². The standard InChI is InChI=1S/C5H10O4S/c1-5(3-8-5)4-9-10(2,6)7/h3-4H2,1-2H3/t5-/m1/s1. The molecule has 1 aliphatic rings. The molecular weight excluding hydrogens is 156 g/mol. The largest absolute Gasteiger partial charge is 0.367 e. The summed E-state index contributed by atoms with van der Waals surface area (Å²) in [4.78, 5) is 0. The molecule has 0 aliphatic carbocycles. The molecule has 1 heterocycles. The van der Waals surface area contributed by atoms with Crippen LogP contribution in [0.15, 0.2) is 0 Å². The van der Waals surface area contributed by atoms with Crippen LogP contribution in [0.2, 0.25) is 0 Å². The van der Waals surface area contributed by atoms with E-state index in [2.05, 4.69) is 4.18 Å². The highest BCUT2D eigenvalue weighted by Gasteiger charge is 2.40. The van der Waals surface area contributed by atoms with E-state index >= 15 is 0 Å². The lowest BCUT2D eigenvalue weighted by atomic mass is 10.2. The van der Waals surface area contributed by atoms with Crippen molar-refractivity contribution in [3.05, 3.63) is 0 Å². The van der Waals surface area contributed by atoms with Gasteiger partial charge in [0, 0.05) is 0 Å². The maximum atomic E-state index is 10.4. The van der Waals surface area contributed by atoms with E-state index in [1.165, 1.54) is 0 Å². The van der Waals surface area contributed by atoms with Gasteiger partial charge in [-0.2, -0.15) is 8.42 Å². The van der Waals surface area contributed by atoms with Crippen LogP contribution in [-0.4, -0.2) is 33.5 Å². The summed E-state index contributed by atoms with van der Waals surface area (Å²) in [7, 11) is -3.30. The Morgan fingerprint density at radius 2 is 2.20 bits per heavy atom. The third-order valence-electron chi connectivity index (χ3n) is 1.22. The van der Waals surface area contributed by atoms with Crippen molar-refractivity contribution in [3.8, 4) is 0 Å². The van der Waals surface area contributed by atoms with Crippen LogP contribution >= 0.6 is 0 Å². The van der Waals surface area contributed by atoms with E-state index in [9.17, 15) is 8.42 Å². The predicted octanol–water partition coefficient (Wildman–Crippen LogP) is -0.248. The van der Waals surface area contributed by atoms with Crippen molar-refractivity contribution in [3.63, 3.8) is 0 Å². The minimum Gasteiger partial charge on any atom is -0.367 e. The third-order valence-corrected chi connectivity index (χ3v) is 1.76. The highest BCUT2D eigenvalue weighted by Crippen LogP contribution is 2.26. The SMILES string of the molecule is C[C@]1(COS(C)(=O)=O)CO1. The molecule has 1 saturated heterocycles. The van der Waals surface area contributed by atoms with Gasteiger partial charge in [-0.05, 0) is 6.92 Å². The lowest BCUT2D eigenvalue weighted by Crippen LogP contribution is -2.17. The smallest absolute Gasteiger partial charge is 0.264 e. The van der Waals surface area contributed by atoms with E-state index in [-0.39, 0.29) is 12.2 Å². The van der Waals surface area contributed by atoms with Crippen LogP contribution < -0.4 is 0 Å². The zero-order valence-corrected chi connectivity index (χ0v) is 6.77. The molecule has 0 amide bonds. The fourth-order valence-electron chi connectivity index (χ4n) is 0.438. The molecule has 4 nitrogen and oxygen atoms in total. The summed E-state index contributed by atoms with van der Waals surface area (Å²) >= 11 is 0. The van der Waals surface area contributed by atoms with Gasteiger partial charge < -0.3 is 4.74 Å². The average Bonchev–Trinajstić information content (AvgIpc) is 2.43. The molecule has 1 aliphatic heterocycles. The Morgan fingerprint density at radius 1 is 1.70 bits per heavy atom. The summed E-state index contributed by atoms with van der Waals surface area (Å²) in [6, 6.07) is 0. The molecule has 0 unspecified atom stereocenters. The molecule has 0 saturated carbocycles. The quantitative estimate of drug-likeness (QED) is 0.428. The Morgan fingerprint density at radius 3 is 2.50 bits per heavy atom. The maximum Gasteiger partial charge on any atom is 0.264 e. The van der Waals surface area contributed by atoms with Crippen molar-refractivity contribution < 1.29 is 17.3 Å². The van der Waals surface area contributed by atoms with Gasteiger partial charge in [0.2, 0.25) is 0 Å². The van der Waals surface area contributed by atoms with E-state index in [0.717, 1.165) is 6.26 Å².